The molecule has 5 atom stereocenters. The van der Waals surface area contributed by atoms with Gasteiger partial charge < -0.3 is 28.4 Å². The van der Waals surface area contributed by atoms with Gasteiger partial charge in [0.1, 0.15) is 12.2 Å². The Morgan fingerprint density at radius 1 is 0.684 bits per heavy atom. The first-order valence-corrected chi connectivity index (χ1v) is 6.41. The van der Waals surface area contributed by atoms with Gasteiger partial charge in [-0.3, -0.25) is 0 Å². The Kier molecular flexibility index (Phi) is 7.82. The average Bonchev–Trinajstić information content (AvgIpc) is 2.41. The molecule has 19 heavy (non-hydrogen) atoms. The van der Waals surface area contributed by atoms with Crippen LogP contribution in [-0.4, -0.2) is 79.8 Å². The topological polar surface area (TPSA) is 55.4 Å². The second-order valence-corrected chi connectivity index (χ2v) is 4.64. The molecule has 1 saturated heterocycles. The summed E-state index contributed by atoms with van der Waals surface area (Å²) >= 11 is 0. The van der Waals surface area contributed by atoms with E-state index in [9.17, 15) is 0 Å². The second-order valence-electron chi connectivity index (χ2n) is 4.64. The normalized spacial score (nSPS) is 35.5. The molecule has 6 heteroatoms. The molecule has 0 aromatic heterocycles. The van der Waals surface area contributed by atoms with Crippen molar-refractivity contribution in [1.29, 1.82) is 0 Å². The molecule has 0 bridgehead atoms. The first kappa shape index (κ1) is 16.8. The molecule has 0 radical (unpaired) electrons. The quantitative estimate of drug-likeness (QED) is 0.638. The fourth-order valence-corrected chi connectivity index (χ4v) is 2.68. The maximum Gasteiger partial charge on any atom is 0.112 e. The molecule has 0 aromatic carbocycles. The predicted molar refractivity (Wildman–Crippen MR) is 69.4 cm³/mol. The van der Waals surface area contributed by atoms with Gasteiger partial charge in [0.15, 0.2) is 0 Å². The van der Waals surface area contributed by atoms with Crippen LogP contribution >= 0.6 is 0 Å². The highest BCUT2D eigenvalue weighted by atomic mass is 16.6. The van der Waals surface area contributed by atoms with Crippen molar-refractivity contribution in [1.82, 2.24) is 0 Å². The van der Waals surface area contributed by atoms with E-state index in [1.807, 2.05) is 0 Å². The summed E-state index contributed by atoms with van der Waals surface area (Å²) in [4.78, 5) is 0. The lowest BCUT2D eigenvalue weighted by Crippen LogP contribution is -2.59. The van der Waals surface area contributed by atoms with Gasteiger partial charge in [-0.05, 0) is 0 Å². The van der Waals surface area contributed by atoms with Gasteiger partial charge in [0.2, 0.25) is 0 Å². The summed E-state index contributed by atoms with van der Waals surface area (Å²) in [6.45, 7) is 1.48. The van der Waals surface area contributed by atoms with Crippen LogP contribution in [-0.2, 0) is 28.4 Å². The standard InChI is InChI=1S/C13H26O6/c1-14-6-9-10(7-15-2)19-11(8-16-3)13(18-5)12(9)17-4/h9-13H,6-8H2,1-5H3. The largest absolute Gasteiger partial charge is 0.384 e. The van der Waals surface area contributed by atoms with E-state index in [0.717, 1.165) is 0 Å². The van der Waals surface area contributed by atoms with Crippen LogP contribution in [0.2, 0.25) is 0 Å². The number of rotatable bonds is 8. The van der Waals surface area contributed by atoms with E-state index in [0.29, 0.717) is 19.8 Å². The van der Waals surface area contributed by atoms with Gasteiger partial charge in [0.25, 0.3) is 0 Å². The summed E-state index contributed by atoms with van der Waals surface area (Å²) in [6, 6.07) is 0. The zero-order valence-electron chi connectivity index (χ0n) is 12.5. The van der Waals surface area contributed by atoms with E-state index in [1.54, 1.807) is 35.5 Å². The Morgan fingerprint density at radius 2 is 1.21 bits per heavy atom. The second kappa shape index (κ2) is 8.84. The zero-order valence-corrected chi connectivity index (χ0v) is 12.5. The van der Waals surface area contributed by atoms with E-state index in [1.165, 1.54) is 0 Å². The molecule has 0 saturated carbocycles. The lowest BCUT2D eigenvalue weighted by molar-refractivity contribution is -0.240. The number of hydrogen-bond donors (Lipinski definition) is 0. The predicted octanol–water partition coefficient (Wildman–Crippen LogP) is 0.339. The minimum absolute atomic E-state index is 0.0630. The van der Waals surface area contributed by atoms with Gasteiger partial charge >= 0.3 is 0 Å². The van der Waals surface area contributed by atoms with Gasteiger partial charge in [0.05, 0.1) is 32.0 Å². The summed E-state index contributed by atoms with van der Waals surface area (Å²) in [5.74, 6) is 0.0630. The molecule has 0 amide bonds. The highest BCUT2D eigenvalue weighted by Crippen LogP contribution is 2.30. The van der Waals surface area contributed by atoms with Gasteiger partial charge in [0, 0.05) is 41.5 Å². The lowest BCUT2D eigenvalue weighted by Gasteiger charge is -2.45. The van der Waals surface area contributed by atoms with E-state index < -0.39 is 0 Å². The fraction of sp³-hybridized carbons (Fsp3) is 1.00. The third-order valence-corrected chi connectivity index (χ3v) is 3.50. The molecule has 1 aliphatic heterocycles. The maximum atomic E-state index is 6.03. The zero-order chi connectivity index (χ0) is 14.3. The number of methoxy groups -OCH3 is 5. The highest BCUT2D eigenvalue weighted by Gasteiger charge is 2.46. The summed E-state index contributed by atoms with van der Waals surface area (Å²) in [7, 11) is 8.30. The first-order valence-electron chi connectivity index (χ1n) is 6.41. The highest BCUT2D eigenvalue weighted by molar-refractivity contribution is 4.93. The number of ether oxygens (including phenoxy) is 6. The van der Waals surface area contributed by atoms with Crippen LogP contribution in [0.15, 0.2) is 0 Å². The molecule has 6 nitrogen and oxygen atoms in total. The summed E-state index contributed by atoms with van der Waals surface area (Å²) in [5.41, 5.74) is 0. The van der Waals surface area contributed by atoms with Crippen molar-refractivity contribution < 1.29 is 28.4 Å². The van der Waals surface area contributed by atoms with Crippen molar-refractivity contribution in [2.24, 2.45) is 5.92 Å². The average molecular weight is 278 g/mol. The molecule has 0 spiro atoms. The van der Waals surface area contributed by atoms with Crippen molar-refractivity contribution in [3.63, 3.8) is 0 Å². The Hall–Kier alpha value is -0.240. The Bertz CT molecular complexity index is 237. The molecule has 0 N–H and O–H groups in total. The van der Waals surface area contributed by atoms with Gasteiger partial charge in [-0.1, -0.05) is 0 Å². The molecule has 0 aliphatic carbocycles. The minimum Gasteiger partial charge on any atom is -0.384 e. The SMILES string of the molecule is COCC1OC(COC)C(OC)C(OC)C1COC. The molecule has 1 rings (SSSR count). The van der Waals surface area contributed by atoms with Crippen LogP contribution < -0.4 is 0 Å². The summed E-state index contributed by atoms with van der Waals surface area (Å²) in [5, 5.41) is 0. The van der Waals surface area contributed by atoms with E-state index in [4.69, 9.17) is 28.4 Å². The van der Waals surface area contributed by atoms with Crippen molar-refractivity contribution in [2.45, 2.75) is 24.4 Å². The Balaban J connectivity index is 2.87. The molecule has 1 aliphatic rings. The van der Waals surface area contributed by atoms with Crippen LogP contribution in [0.5, 0.6) is 0 Å². The van der Waals surface area contributed by atoms with Gasteiger partial charge in [-0.25, -0.2) is 0 Å². The van der Waals surface area contributed by atoms with Crippen molar-refractivity contribution >= 4 is 0 Å². The molecule has 1 fully saturated rings. The smallest absolute Gasteiger partial charge is 0.112 e. The van der Waals surface area contributed by atoms with E-state index in [2.05, 4.69) is 0 Å². The monoisotopic (exact) mass is 278 g/mol. The molecule has 5 unspecified atom stereocenters. The summed E-state index contributed by atoms with van der Waals surface area (Å²) < 4.78 is 32.9. The Labute approximate surface area is 115 Å². The van der Waals surface area contributed by atoms with Gasteiger partial charge in [-0.2, -0.15) is 0 Å². The summed E-state index contributed by atoms with van der Waals surface area (Å²) in [6.07, 6.45) is -0.563. The van der Waals surface area contributed by atoms with Crippen molar-refractivity contribution in [3.8, 4) is 0 Å². The maximum absolute atomic E-state index is 6.03. The molecular weight excluding hydrogens is 252 g/mol. The molecular formula is C13H26O6. The fourth-order valence-electron chi connectivity index (χ4n) is 2.68. The van der Waals surface area contributed by atoms with E-state index >= 15 is 0 Å². The van der Waals surface area contributed by atoms with Crippen LogP contribution in [0, 0.1) is 5.92 Å². The molecule has 0 aromatic rings. The third-order valence-electron chi connectivity index (χ3n) is 3.50. The minimum atomic E-state index is -0.182. The van der Waals surface area contributed by atoms with E-state index in [-0.39, 0.29) is 30.3 Å². The third kappa shape index (κ3) is 4.11. The molecule has 1 heterocycles. The first-order chi connectivity index (χ1) is 9.23. The van der Waals surface area contributed by atoms with Crippen molar-refractivity contribution in [3.05, 3.63) is 0 Å². The Morgan fingerprint density at radius 3 is 1.68 bits per heavy atom. The van der Waals surface area contributed by atoms with Crippen molar-refractivity contribution in [2.75, 3.05) is 55.4 Å². The van der Waals surface area contributed by atoms with Crippen LogP contribution in [0.3, 0.4) is 0 Å². The number of hydrogen-bond acceptors (Lipinski definition) is 6. The van der Waals surface area contributed by atoms with Crippen LogP contribution in [0.4, 0.5) is 0 Å². The molecule has 114 valence electrons. The van der Waals surface area contributed by atoms with Gasteiger partial charge in [-0.15, -0.1) is 0 Å². The lowest BCUT2D eigenvalue weighted by atomic mass is 9.87. The van der Waals surface area contributed by atoms with Crippen LogP contribution in [0.25, 0.3) is 0 Å². The van der Waals surface area contributed by atoms with Crippen LogP contribution in [0.1, 0.15) is 0 Å².